The van der Waals surface area contributed by atoms with Gasteiger partial charge in [0.25, 0.3) is 0 Å². The second-order valence-electron chi connectivity index (χ2n) is 7.20. The number of thiazole rings is 1. The van der Waals surface area contributed by atoms with E-state index in [4.69, 9.17) is 4.98 Å². The highest BCUT2D eigenvalue weighted by Gasteiger charge is 2.27. The van der Waals surface area contributed by atoms with Crippen LogP contribution < -0.4 is 10.9 Å². The molecule has 1 fully saturated rings. The molecule has 0 atom stereocenters. The van der Waals surface area contributed by atoms with Crippen molar-refractivity contribution in [2.75, 3.05) is 5.32 Å². The van der Waals surface area contributed by atoms with Crippen molar-refractivity contribution in [3.8, 4) is 27.8 Å². The summed E-state index contributed by atoms with van der Waals surface area (Å²) in [5.41, 5.74) is 2.91. The van der Waals surface area contributed by atoms with Crippen LogP contribution in [0.2, 0.25) is 0 Å². The first kappa shape index (κ1) is 18.3. The molecule has 0 amide bonds. The van der Waals surface area contributed by atoms with Crippen molar-refractivity contribution in [1.29, 1.82) is 5.26 Å². The molecule has 4 aromatic rings. The number of rotatable bonds is 5. The Balaban J connectivity index is 1.58. The van der Waals surface area contributed by atoms with Crippen molar-refractivity contribution in [2.24, 2.45) is 7.05 Å². The third kappa shape index (κ3) is 3.49. The molecule has 148 valence electrons. The maximum absolute atomic E-state index is 11.8. The van der Waals surface area contributed by atoms with Crippen molar-refractivity contribution in [3.63, 3.8) is 0 Å². The van der Waals surface area contributed by atoms with E-state index in [-0.39, 0.29) is 5.56 Å². The molecular formula is C21H17N7OS. The summed E-state index contributed by atoms with van der Waals surface area (Å²) in [7, 11) is 1.72. The zero-order valence-corrected chi connectivity index (χ0v) is 16.9. The van der Waals surface area contributed by atoms with Gasteiger partial charge in [0.15, 0.2) is 5.13 Å². The monoisotopic (exact) mass is 415 g/mol. The number of aromatic nitrogens is 5. The number of pyridine rings is 1. The molecule has 8 nitrogen and oxygen atoms in total. The molecule has 1 aromatic carbocycles. The van der Waals surface area contributed by atoms with Crippen molar-refractivity contribution in [2.45, 2.75) is 18.8 Å². The lowest BCUT2D eigenvalue weighted by Gasteiger charge is -2.05. The van der Waals surface area contributed by atoms with Gasteiger partial charge in [-0.1, -0.05) is 23.5 Å². The first-order valence-electron chi connectivity index (χ1n) is 9.48. The number of hydrogen-bond acceptors (Lipinski definition) is 7. The fourth-order valence-electron chi connectivity index (χ4n) is 3.19. The highest BCUT2D eigenvalue weighted by atomic mass is 32.1. The van der Waals surface area contributed by atoms with E-state index in [1.54, 1.807) is 25.4 Å². The van der Waals surface area contributed by atoms with Crippen LogP contribution in [-0.4, -0.2) is 24.7 Å². The van der Waals surface area contributed by atoms with Crippen LogP contribution in [0.3, 0.4) is 0 Å². The Bertz CT molecular complexity index is 1340. The van der Waals surface area contributed by atoms with Gasteiger partial charge in [-0.2, -0.15) is 10.2 Å². The Morgan fingerprint density at radius 1 is 1.23 bits per heavy atom. The van der Waals surface area contributed by atoms with Crippen molar-refractivity contribution >= 4 is 22.4 Å². The number of nitrogens with zero attached hydrogens (tertiary/aromatic N) is 5. The summed E-state index contributed by atoms with van der Waals surface area (Å²) in [6.45, 7) is 0. The number of nitriles is 1. The van der Waals surface area contributed by atoms with Gasteiger partial charge in [-0.25, -0.2) is 4.98 Å². The van der Waals surface area contributed by atoms with E-state index in [1.807, 2.05) is 18.2 Å². The molecule has 0 spiro atoms. The quantitative estimate of drug-likeness (QED) is 0.513. The molecule has 0 saturated heterocycles. The van der Waals surface area contributed by atoms with Gasteiger partial charge in [0.1, 0.15) is 5.82 Å². The van der Waals surface area contributed by atoms with Crippen molar-refractivity contribution in [1.82, 2.24) is 24.7 Å². The summed E-state index contributed by atoms with van der Waals surface area (Å²) in [5, 5.41) is 20.3. The van der Waals surface area contributed by atoms with Crippen LogP contribution in [0.5, 0.6) is 0 Å². The summed E-state index contributed by atoms with van der Waals surface area (Å²) in [4.78, 5) is 22.0. The molecule has 1 aliphatic carbocycles. The zero-order valence-electron chi connectivity index (χ0n) is 16.1. The zero-order chi connectivity index (χ0) is 20.7. The predicted octanol–water partition coefficient (Wildman–Crippen LogP) is 3.79. The largest absolute Gasteiger partial charge is 0.318 e. The second-order valence-corrected chi connectivity index (χ2v) is 8.20. The van der Waals surface area contributed by atoms with Crippen LogP contribution in [0.15, 0.2) is 47.4 Å². The lowest BCUT2D eigenvalue weighted by Crippen LogP contribution is -2.13. The highest BCUT2D eigenvalue weighted by molar-refractivity contribution is 7.19. The fourth-order valence-corrected chi connectivity index (χ4v) is 4.17. The lowest BCUT2D eigenvalue weighted by atomic mass is 10.1. The molecule has 30 heavy (non-hydrogen) atoms. The van der Waals surface area contributed by atoms with Gasteiger partial charge in [-0.05, 0) is 31.0 Å². The number of anilines is 2. The Labute approximate surface area is 175 Å². The van der Waals surface area contributed by atoms with Gasteiger partial charge in [0.2, 0.25) is 11.5 Å². The number of benzene rings is 1. The molecule has 9 heteroatoms. The standard InChI is InChI=1S/C21H17N7OS/c1-28-11-15(7-8-16(28)29)18-17(14-4-2-3-12(9-14)10-22)23-21(30-18)25-20-24-19(26-27-20)13-5-6-13/h2-4,7-9,11,13H,5-6H2,1H3,(H2,23,24,25,26,27). The van der Waals surface area contributed by atoms with E-state index >= 15 is 0 Å². The Kier molecular flexibility index (Phi) is 4.41. The first-order chi connectivity index (χ1) is 14.6. The topological polar surface area (TPSA) is 112 Å². The second kappa shape index (κ2) is 7.24. The summed E-state index contributed by atoms with van der Waals surface area (Å²) in [5.74, 6) is 1.86. The van der Waals surface area contributed by atoms with E-state index < -0.39 is 0 Å². The van der Waals surface area contributed by atoms with Crippen LogP contribution in [-0.2, 0) is 7.05 Å². The molecule has 3 heterocycles. The molecule has 0 aliphatic heterocycles. The molecule has 5 rings (SSSR count). The molecule has 0 radical (unpaired) electrons. The summed E-state index contributed by atoms with van der Waals surface area (Å²) in [6, 6.07) is 12.8. The van der Waals surface area contributed by atoms with Crippen molar-refractivity contribution < 1.29 is 0 Å². The van der Waals surface area contributed by atoms with Crippen LogP contribution in [0, 0.1) is 11.3 Å². The first-order valence-corrected chi connectivity index (χ1v) is 10.3. The van der Waals surface area contributed by atoms with Gasteiger partial charge >= 0.3 is 0 Å². The van der Waals surface area contributed by atoms with E-state index in [1.165, 1.54) is 22.0 Å². The van der Waals surface area contributed by atoms with Crippen LogP contribution >= 0.6 is 11.3 Å². The highest BCUT2D eigenvalue weighted by Crippen LogP contribution is 2.40. The van der Waals surface area contributed by atoms with Gasteiger partial charge in [0, 0.05) is 36.4 Å². The molecule has 1 saturated carbocycles. The van der Waals surface area contributed by atoms with E-state index in [0.29, 0.717) is 22.6 Å². The smallest absolute Gasteiger partial charge is 0.250 e. The third-order valence-corrected chi connectivity index (χ3v) is 5.95. The van der Waals surface area contributed by atoms with Crippen molar-refractivity contribution in [3.05, 3.63) is 64.3 Å². The summed E-state index contributed by atoms with van der Waals surface area (Å²) >= 11 is 1.45. The van der Waals surface area contributed by atoms with Crippen LogP contribution in [0.4, 0.5) is 11.1 Å². The minimum atomic E-state index is -0.0806. The van der Waals surface area contributed by atoms with Crippen LogP contribution in [0.1, 0.15) is 30.1 Å². The molecule has 2 N–H and O–H groups in total. The van der Waals surface area contributed by atoms with Gasteiger partial charge in [0.05, 0.1) is 22.2 Å². The molecule has 0 unspecified atom stereocenters. The molecule has 3 aromatic heterocycles. The molecular weight excluding hydrogens is 398 g/mol. The maximum Gasteiger partial charge on any atom is 0.250 e. The summed E-state index contributed by atoms with van der Waals surface area (Å²) < 4.78 is 1.54. The SMILES string of the molecule is Cn1cc(-c2sc(Nc3n[nH]c(C4CC4)n3)nc2-c2cccc(C#N)c2)ccc1=O. The molecule has 1 aliphatic rings. The predicted molar refractivity (Wildman–Crippen MR) is 115 cm³/mol. The van der Waals surface area contributed by atoms with Gasteiger partial charge in [-0.3, -0.25) is 15.2 Å². The summed E-state index contributed by atoms with van der Waals surface area (Å²) in [6.07, 6.45) is 4.07. The molecule has 0 bridgehead atoms. The minimum absolute atomic E-state index is 0.0806. The fraction of sp³-hybridized carbons (Fsp3) is 0.190. The van der Waals surface area contributed by atoms with Gasteiger partial charge < -0.3 is 4.57 Å². The normalized spacial score (nSPS) is 13.2. The van der Waals surface area contributed by atoms with Crippen LogP contribution in [0.25, 0.3) is 21.7 Å². The minimum Gasteiger partial charge on any atom is -0.318 e. The van der Waals surface area contributed by atoms with Gasteiger partial charge in [-0.15, -0.1) is 5.10 Å². The number of aryl methyl sites for hydroxylation is 1. The number of hydrogen-bond donors (Lipinski definition) is 2. The van der Waals surface area contributed by atoms with E-state index in [9.17, 15) is 10.1 Å². The Morgan fingerprint density at radius 3 is 2.87 bits per heavy atom. The third-order valence-electron chi connectivity index (χ3n) is 4.93. The number of H-pyrrole nitrogens is 1. The van der Waals surface area contributed by atoms with E-state index in [2.05, 4.69) is 26.6 Å². The maximum atomic E-state index is 11.8. The number of aromatic amines is 1. The average molecular weight is 415 g/mol. The van der Waals surface area contributed by atoms with E-state index in [0.717, 1.165) is 40.4 Å². The average Bonchev–Trinajstić information content (AvgIpc) is 3.36. The number of nitrogens with one attached hydrogen (secondary N) is 2. The Hall–Kier alpha value is -3.77. The Morgan fingerprint density at radius 2 is 2.10 bits per heavy atom. The lowest BCUT2D eigenvalue weighted by molar-refractivity contribution is 0.863.